The van der Waals surface area contributed by atoms with Gasteiger partial charge in [0.1, 0.15) is 5.82 Å². The molecule has 6 heteroatoms. The van der Waals surface area contributed by atoms with Gasteiger partial charge in [-0.3, -0.25) is 0 Å². The van der Waals surface area contributed by atoms with Gasteiger partial charge in [0.05, 0.1) is 7.11 Å². The van der Waals surface area contributed by atoms with E-state index in [4.69, 9.17) is 0 Å². The fourth-order valence-electron chi connectivity index (χ4n) is 2.10. The van der Waals surface area contributed by atoms with Crippen LogP contribution in [0.15, 0.2) is 12.3 Å². The van der Waals surface area contributed by atoms with Crippen LogP contribution in [-0.4, -0.2) is 48.2 Å². The summed E-state index contributed by atoms with van der Waals surface area (Å²) in [5.41, 5.74) is -0.0417. The molecule has 1 N–H and O–H groups in total. The van der Waals surface area contributed by atoms with Crippen molar-refractivity contribution in [3.8, 4) is 0 Å². The van der Waals surface area contributed by atoms with Crippen LogP contribution in [0.25, 0.3) is 0 Å². The Bertz CT molecular complexity index is 447. The van der Waals surface area contributed by atoms with E-state index in [0.717, 1.165) is 25.5 Å². The van der Waals surface area contributed by atoms with E-state index in [1.165, 1.54) is 7.11 Å². The van der Waals surface area contributed by atoms with E-state index < -0.39 is 5.97 Å². The highest BCUT2D eigenvalue weighted by Gasteiger charge is 2.30. The van der Waals surface area contributed by atoms with Gasteiger partial charge in [0, 0.05) is 31.4 Å². The zero-order chi connectivity index (χ0) is 13.2. The number of aromatic nitrogens is 2. The second kappa shape index (κ2) is 4.89. The minimum Gasteiger partial charge on any atom is -0.463 e. The lowest BCUT2D eigenvalue weighted by atomic mass is 10.0. The SMILES string of the molecule is COC(=O)c1nccc(N2CCNCC2(C)C)n1. The van der Waals surface area contributed by atoms with Gasteiger partial charge in [-0.05, 0) is 19.9 Å². The van der Waals surface area contributed by atoms with Crippen molar-refractivity contribution in [2.45, 2.75) is 19.4 Å². The summed E-state index contributed by atoms with van der Waals surface area (Å²) in [6, 6.07) is 1.82. The Hall–Kier alpha value is -1.69. The summed E-state index contributed by atoms with van der Waals surface area (Å²) in [5.74, 6) is 0.353. The standard InChI is InChI=1S/C12H18N4O2/c1-12(2)8-13-6-7-16(12)9-4-5-14-10(15-9)11(17)18-3/h4-5,13H,6-8H2,1-3H3. The molecule has 98 valence electrons. The minimum atomic E-state index is -0.509. The highest BCUT2D eigenvalue weighted by molar-refractivity contribution is 5.85. The Kier molecular flexibility index (Phi) is 3.47. The zero-order valence-electron chi connectivity index (χ0n) is 10.9. The van der Waals surface area contributed by atoms with Crippen LogP contribution >= 0.6 is 0 Å². The molecule has 1 aromatic rings. The van der Waals surface area contributed by atoms with Crippen LogP contribution in [0, 0.1) is 0 Å². The summed E-state index contributed by atoms with van der Waals surface area (Å²) in [4.78, 5) is 21.8. The van der Waals surface area contributed by atoms with Crippen molar-refractivity contribution in [1.82, 2.24) is 15.3 Å². The summed E-state index contributed by atoms with van der Waals surface area (Å²) in [5, 5.41) is 3.35. The van der Waals surface area contributed by atoms with Crippen molar-refractivity contribution in [2.24, 2.45) is 0 Å². The monoisotopic (exact) mass is 250 g/mol. The third kappa shape index (κ3) is 2.43. The number of anilines is 1. The van der Waals surface area contributed by atoms with Crippen LogP contribution in [-0.2, 0) is 4.74 Å². The molecule has 0 radical (unpaired) electrons. The summed E-state index contributed by atoms with van der Waals surface area (Å²) < 4.78 is 4.64. The predicted octanol–water partition coefficient (Wildman–Crippen LogP) is 0.451. The first-order valence-corrected chi connectivity index (χ1v) is 5.94. The van der Waals surface area contributed by atoms with Crippen molar-refractivity contribution in [1.29, 1.82) is 0 Å². The molecule has 2 rings (SSSR count). The van der Waals surface area contributed by atoms with Crippen molar-refractivity contribution in [2.75, 3.05) is 31.6 Å². The van der Waals surface area contributed by atoms with Crippen LogP contribution in [0.2, 0.25) is 0 Å². The van der Waals surface area contributed by atoms with Gasteiger partial charge >= 0.3 is 5.97 Å². The van der Waals surface area contributed by atoms with Gasteiger partial charge in [-0.25, -0.2) is 14.8 Å². The molecule has 6 nitrogen and oxygen atoms in total. The molecule has 1 aliphatic rings. The molecule has 0 aliphatic carbocycles. The van der Waals surface area contributed by atoms with E-state index >= 15 is 0 Å². The Balaban J connectivity index is 2.30. The van der Waals surface area contributed by atoms with Gasteiger partial charge in [-0.2, -0.15) is 0 Å². The summed E-state index contributed by atoms with van der Waals surface area (Å²) >= 11 is 0. The van der Waals surface area contributed by atoms with E-state index in [1.807, 2.05) is 6.07 Å². The lowest BCUT2D eigenvalue weighted by Gasteiger charge is -2.43. The van der Waals surface area contributed by atoms with E-state index in [9.17, 15) is 4.79 Å². The third-order valence-electron chi connectivity index (χ3n) is 3.09. The first kappa shape index (κ1) is 12.8. The van der Waals surface area contributed by atoms with Crippen LogP contribution < -0.4 is 10.2 Å². The highest BCUT2D eigenvalue weighted by atomic mass is 16.5. The average Bonchev–Trinajstić information content (AvgIpc) is 2.37. The van der Waals surface area contributed by atoms with Crippen LogP contribution in [0.3, 0.4) is 0 Å². The molecule has 2 heterocycles. The van der Waals surface area contributed by atoms with Gasteiger partial charge in [-0.15, -0.1) is 0 Å². The first-order valence-electron chi connectivity index (χ1n) is 5.94. The summed E-state index contributed by atoms with van der Waals surface area (Å²) in [6.45, 7) is 6.91. The van der Waals surface area contributed by atoms with Crippen LogP contribution in [0.5, 0.6) is 0 Å². The van der Waals surface area contributed by atoms with Gasteiger partial charge in [-0.1, -0.05) is 0 Å². The Labute approximate surface area is 106 Å². The molecule has 1 aromatic heterocycles. The van der Waals surface area contributed by atoms with Gasteiger partial charge in [0.25, 0.3) is 0 Å². The Morgan fingerprint density at radius 3 is 3.00 bits per heavy atom. The predicted molar refractivity (Wildman–Crippen MR) is 67.7 cm³/mol. The number of hydrogen-bond acceptors (Lipinski definition) is 6. The molecule has 18 heavy (non-hydrogen) atoms. The van der Waals surface area contributed by atoms with Gasteiger partial charge < -0.3 is 15.0 Å². The largest absolute Gasteiger partial charge is 0.463 e. The van der Waals surface area contributed by atoms with E-state index in [2.05, 4.69) is 38.8 Å². The fraction of sp³-hybridized carbons (Fsp3) is 0.583. The molecule has 0 bridgehead atoms. The highest BCUT2D eigenvalue weighted by Crippen LogP contribution is 2.23. The average molecular weight is 250 g/mol. The number of nitrogens with zero attached hydrogens (tertiary/aromatic N) is 3. The maximum atomic E-state index is 11.4. The van der Waals surface area contributed by atoms with Crippen molar-refractivity contribution < 1.29 is 9.53 Å². The van der Waals surface area contributed by atoms with Gasteiger partial charge in [0.15, 0.2) is 0 Å². The second-order valence-electron chi connectivity index (χ2n) is 4.87. The van der Waals surface area contributed by atoms with E-state index in [0.29, 0.717) is 0 Å². The maximum absolute atomic E-state index is 11.4. The number of carbonyl (C=O) groups is 1. The maximum Gasteiger partial charge on any atom is 0.376 e. The number of hydrogen-bond donors (Lipinski definition) is 1. The zero-order valence-corrected chi connectivity index (χ0v) is 10.9. The lowest BCUT2D eigenvalue weighted by Crippen LogP contribution is -2.58. The molecule has 1 saturated heterocycles. The third-order valence-corrected chi connectivity index (χ3v) is 3.09. The van der Waals surface area contributed by atoms with Crippen molar-refractivity contribution in [3.05, 3.63) is 18.1 Å². The Morgan fingerprint density at radius 1 is 1.56 bits per heavy atom. The molecule has 1 fully saturated rings. The molecule has 0 amide bonds. The number of carbonyl (C=O) groups excluding carboxylic acids is 1. The molecule has 0 spiro atoms. The molecular formula is C12H18N4O2. The van der Waals surface area contributed by atoms with E-state index in [1.54, 1.807) is 6.20 Å². The number of methoxy groups -OCH3 is 1. The smallest absolute Gasteiger partial charge is 0.376 e. The lowest BCUT2D eigenvalue weighted by molar-refractivity contribution is 0.0586. The minimum absolute atomic E-state index is 0.0417. The Morgan fingerprint density at radius 2 is 2.33 bits per heavy atom. The molecule has 0 unspecified atom stereocenters. The number of esters is 1. The topological polar surface area (TPSA) is 67.3 Å². The molecular weight excluding hydrogens is 232 g/mol. The normalized spacial score (nSPS) is 18.5. The molecule has 0 saturated carbocycles. The number of piperazine rings is 1. The summed E-state index contributed by atoms with van der Waals surface area (Å²) in [7, 11) is 1.33. The summed E-state index contributed by atoms with van der Waals surface area (Å²) in [6.07, 6.45) is 1.59. The second-order valence-corrected chi connectivity index (χ2v) is 4.87. The quantitative estimate of drug-likeness (QED) is 0.769. The number of nitrogens with one attached hydrogen (secondary N) is 1. The van der Waals surface area contributed by atoms with Gasteiger partial charge in [0.2, 0.25) is 5.82 Å². The molecule has 0 atom stereocenters. The van der Waals surface area contributed by atoms with Crippen molar-refractivity contribution >= 4 is 11.8 Å². The fourth-order valence-corrected chi connectivity index (χ4v) is 2.10. The van der Waals surface area contributed by atoms with Crippen LogP contribution in [0.1, 0.15) is 24.5 Å². The van der Waals surface area contributed by atoms with E-state index in [-0.39, 0.29) is 11.4 Å². The van der Waals surface area contributed by atoms with Crippen molar-refractivity contribution in [3.63, 3.8) is 0 Å². The van der Waals surface area contributed by atoms with Crippen LogP contribution in [0.4, 0.5) is 5.82 Å². The number of rotatable bonds is 2. The molecule has 0 aromatic carbocycles. The number of ether oxygens (including phenoxy) is 1. The first-order chi connectivity index (χ1) is 8.54. The molecule has 1 aliphatic heterocycles.